The first-order valence-corrected chi connectivity index (χ1v) is 11.8. The zero-order valence-electron chi connectivity index (χ0n) is 15.7. The van der Waals surface area contributed by atoms with Crippen molar-refractivity contribution in [3.63, 3.8) is 0 Å². The molecule has 1 unspecified atom stereocenters. The molecule has 154 valence electrons. The molecule has 28 heavy (non-hydrogen) atoms. The van der Waals surface area contributed by atoms with Gasteiger partial charge in [0.1, 0.15) is 0 Å². The van der Waals surface area contributed by atoms with Gasteiger partial charge in [-0.3, -0.25) is 9.59 Å². The third kappa shape index (κ3) is 4.97. The number of sulfone groups is 1. The number of amides is 2. The average Bonchev–Trinajstić information content (AvgIpc) is 3.00. The fourth-order valence-electron chi connectivity index (χ4n) is 4.15. The van der Waals surface area contributed by atoms with Crippen LogP contribution in [0.1, 0.15) is 48.9 Å². The van der Waals surface area contributed by atoms with E-state index in [1.807, 2.05) is 4.90 Å². The number of rotatable bonds is 6. The topological polar surface area (TPSA) is 110 Å². The molecule has 0 spiro atoms. The lowest BCUT2D eigenvalue weighted by Gasteiger charge is -2.38. The van der Waals surface area contributed by atoms with Crippen molar-refractivity contribution >= 4 is 38.9 Å². The molecule has 1 atom stereocenters. The van der Waals surface area contributed by atoms with Crippen LogP contribution in [-0.2, 0) is 14.6 Å². The average molecular weight is 428 g/mol. The predicted molar refractivity (Wildman–Crippen MR) is 109 cm³/mol. The summed E-state index contributed by atoms with van der Waals surface area (Å²) < 4.78 is 23.9. The molecule has 0 bridgehead atoms. The quantitative estimate of drug-likeness (QED) is 0.723. The highest BCUT2D eigenvalue weighted by atomic mass is 35.5. The third-order valence-electron chi connectivity index (χ3n) is 5.54. The zero-order chi connectivity index (χ0) is 20.3. The molecule has 1 heterocycles. The lowest BCUT2D eigenvalue weighted by Crippen LogP contribution is -2.50. The van der Waals surface area contributed by atoms with Crippen LogP contribution in [-0.4, -0.2) is 55.3 Å². The summed E-state index contributed by atoms with van der Waals surface area (Å²) in [5.74, 6) is -0.525. The smallest absolute Gasteiger partial charge is 0.250 e. The van der Waals surface area contributed by atoms with Crippen LogP contribution in [0.4, 0.5) is 5.69 Å². The molecule has 2 amide bonds. The van der Waals surface area contributed by atoms with E-state index in [0.29, 0.717) is 12.1 Å². The van der Waals surface area contributed by atoms with Crippen molar-refractivity contribution < 1.29 is 18.0 Å². The number of hydrogen-bond donors (Lipinski definition) is 2. The number of halogens is 1. The molecule has 2 fully saturated rings. The van der Waals surface area contributed by atoms with Gasteiger partial charge in [0.15, 0.2) is 9.84 Å². The molecule has 9 heteroatoms. The summed E-state index contributed by atoms with van der Waals surface area (Å²) in [6.45, 7) is 0.0410. The lowest BCUT2D eigenvalue weighted by atomic mass is 9.93. The molecule has 3 rings (SSSR count). The molecule has 2 aliphatic rings. The predicted octanol–water partition coefficient (Wildman–Crippen LogP) is 2.20. The number of nitrogens with zero attached hydrogens (tertiary/aromatic N) is 1. The van der Waals surface area contributed by atoms with Crippen LogP contribution in [0.25, 0.3) is 0 Å². The van der Waals surface area contributed by atoms with E-state index in [4.69, 9.17) is 17.3 Å². The van der Waals surface area contributed by atoms with Crippen LogP contribution in [0, 0.1) is 0 Å². The Morgan fingerprint density at radius 3 is 2.43 bits per heavy atom. The van der Waals surface area contributed by atoms with E-state index < -0.39 is 15.7 Å². The Kier molecular flexibility index (Phi) is 6.50. The van der Waals surface area contributed by atoms with Crippen LogP contribution in [0.5, 0.6) is 0 Å². The van der Waals surface area contributed by atoms with Gasteiger partial charge in [-0.25, -0.2) is 8.42 Å². The number of nitrogens with one attached hydrogen (secondary N) is 1. The van der Waals surface area contributed by atoms with Crippen LogP contribution >= 0.6 is 11.6 Å². The van der Waals surface area contributed by atoms with Gasteiger partial charge in [0.25, 0.3) is 0 Å². The summed E-state index contributed by atoms with van der Waals surface area (Å²) >= 11 is 6.06. The van der Waals surface area contributed by atoms with Gasteiger partial charge in [-0.1, -0.05) is 30.9 Å². The van der Waals surface area contributed by atoms with Crippen LogP contribution < -0.4 is 11.1 Å². The number of anilines is 1. The SMILES string of the molecule is NC(=O)c1ccc(NCC(=O)N(C2CCCCC2)C2CCS(=O)(=O)C2)cc1Cl. The van der Waals surface area contributed by atoms with E-state index in [1.54, 1.807) is 12.1 Å². The maximum absolute atomic E-state index is 13.0. The Bertz CT molecular complexity index is 853. The van der Waals surface area contributed by atoms with Crippen molar-refractivity contribution in [2.24, 2.45) is 5.73 Å². The zero-order valence-corrected chi connectivity index (χ0v) is 17.3. The van der Waals surface area contributed by atoms with Gasteiger partial charge < -0.3 is 16.0 Å². The molecule has 3 N–H and O–H groups in total. The second-order valence-corrected chi connectivity index (χ2v) is 10.2. The van der Waals surface area contributed by atoms with E-state index in [2.05, 4.69) is 5.32 Å². The first-order chi connectivity index (χ1) is 13.3. The number of primary amides is 1. The fourth-order valence-corrected chi connectivity index (χ4v) is 6.14. The Balaban J connectivity index is 1.70. The Morgan fingerprint density at radius 2 is 1.86 bits per heavy atom. The van der Waals surface area contributed by atoms with Gasteiger partial charge in [-0.2, -0.15) is 0 Å². The van der Waals surface area contributed by atoms with E-state index in [9.17, 15) is 18.0 Å². The highest BCUT2D eigenvalue weighted by Crippen LogP contribution is 2.28. The van der Waals surface area contributed by atoms with Gasteiger partial charge in [0, 0.05) is 17.8 Å². The Morgan fingerprint density at radius 1 is 1.14 bits per heavy atom. The lowest BCUT2D eigenvalue weighted by molar-refractivity contribution is -0.134. The van der Waals surface area contributed by atoms with E-state index in [-0.39, 0.29) is 46.6 Å². The standard InChI is InChI=1S/C19H26ClN3O4S/c20-17-10-13(6-7-16(17)19(21)25)22-11-18(24)23(14-4-2-1-3-5-14)15-8-9-28(26,27)12-15/h6-7,10,14-15,22H,1-5,8-9,11-12H2,(H2,21,25). The van der Waals surface area contributed by atoms with Gasteiger partial charge in [0.05, 0.1) is 28.6 Å². The maximum Gasteiger partial charge on any atom is 0.250 e. The first-order valence-electron chi connectivity index (χ1n) is 9.61. The summed E-state index contributed by atoms with van der Waals surface area (Å²) in [5.41, 5.74) is 6.07. The van der Waals surface area contributed by atoms with Crippen molar-refractivity contribution in [1.29, 1.82) is 0 Å². The van der Waals surface area contributed by atoms with Crippen molar-refractivity contribution in [2.75, 3.05) is 23.4 Å². The molecule has 1 aromatic carbocycles. The molecule has 1 aliphatic carbocycles. The van der Waals surface area contributed by atoms with Crippen molar-refractivity contribution in [3.8, 4) is 0 Å². The highest BCUT2D eigenvalue weighted by molar-refractivity contribution is 7.91. The van der Waals surface area contributed by atoms with E-state index in [0.717, 1.165) is 32.1 Å². The molecule has 1 saturated carbocycles. The van der Waals surface area contributed by atoms with Gasteiger partial charge in [-0.05, 0) is 37.5 Å². The second kappa shape index (κ2) is 8.69. The fraction of sp³-hybridized carbons (Fsp3) is 0.579. The Labute approximate surface area is 170 Å². The number of benzene rings is 1. The molecular weight excluding hydrogens is 402 g/mol. The van der Waals surface area contributed by atoms with Crippen LogP contribution in [0.3, 0.4) is 0 Å². The number of nitrogens with two attached hydrogens (primary N) is 1. The largest absolute Gasteiger partial charge is 0.376 e. The van der Waals surface area contributed by atoms with Gasteiger partial charge in [0.2, 0.25) is 11.8 Å². The monoisotopic (exact) mass is 427 g/mol. The first kappa shape index (κ1) is 20.9. The Hall–Kier alpha value is -1.80. The summed E-state index contributed by atoms with van der Waals surface area (Å²) in [4.78, 5) is 26.1. The van der Waals surface area contributed by atoms with E-state index in [1.165, 1.54) is 6.07 Å². The number of hydrogen-bond acceptors (Lipinski definition) is 5. The molecule has 1 aliphatic heterocycles. The summed E-state index contributed by atoms with van der Waals surface area (Å²) in [7, 11) is -3.07. The molecule has 1 saturated heterocycles. The van der Waals surface area contributed by atoms with Gasteiger partial charge >= 0.3 is 0 Å². The number of carbonyl (C=O) groups excluding carboxylic acids is 2. The van der Waals surface area contributed by atoms with Crippen LogP contribution in [0.2, 0.25) is 5.02 Å². The molecule has 1 aromatic rings. The summed E-state index contributed by atoms with van der Waals surface area (Å²) in [6, 6.07) is 4.56. The third-order valence-corrected chi connectivity index (χ3v) is 7.60. The molecule has 0 radical (unpaired) electrons. The van der Waals surface area contributed by atoms with Crippen molar-refractivity contribution in [2.45, 2.75) is 50.6 Å². The molecule has 7 nitrogen and oxygen atoms in total. The van der Waals surface area contributed by atoms with Crippen molar-refractivity contribution in [1.82, 2.24) is 4.90 Å². The highest BCUT2D eigenvalue weighted by Gasteiger charge is 2.38. The van der Waals surface area contributed by atoms with E-state index >= 15 is 0 Å². The molecule has 0 aromatic heterocycles. The minimum absolute atomic E-state index is 0.0410. The summed E-state index contributed by atoms with van der Waals surface area (Å²) in [6.07, 6.45) is 5.62. The minimum atomic E-state index is -3.07. The number of carbonyl (C=O) groups is 2. The maximum atomic E-state index is 13.0. The summed E-state index contributed by atoms with van der Waals surface area (Å²) in [5, 5.41) is 3.26. The second-order valence-electron chi connectivity index (χ2n) is 7.56. The molecular formula is C19H26ClN3O4S. The normalized spacial score (nSPS) is 22.0. The van der Waals surface area contributed by atoms with Gasteiger partial charge in [-0.15, -0.1) is 0 Å². The van der Waals surface area contributed by atoms with Crippen molar-refractivity contribution in [3.05, 3.63) is 28.8 Å². The minimum Gasteiger partial charge on any atom is -0.376 e. The van der Waals surface area contributed by atoms with Crippen LogP contribution in [0.15, 0.2) is 18.2 Å².